The number of methoxy groups -OCH3 is 1. The van der Waals surface area contributed by atoms with E-state index in [1.165, 1.54) is 11.7 Å². The number of ether oxygens (including phenoxy) is 1. The molecular weight excluding hydrogens is 434 g/mol. The number of rotatable bonds is 8. The predicted molar refractivity (Wildman–Crippen MR) is 132 cm³/mol. The Morgan fingerprint density at radius 1 is 1.18 bits per heavy atom. The maximum absolute atomic E-state index is 13.8. The molecule has 0 radical (unpaired) electrons. The Balaban J connectivity index is 2.07. The minimum Gasteiger partial charge on any atom is -0.497 e. The third-order valence-corrected chi connectivity index (χ3v) is 6.53. The van der Waals surface area contributed by atoms with E-state index < -0.39 is 29.3 Å². The van der Waals surface area contributed by atoms with Gasteiger partial charge in [-0.05, 0) is 50.1 Å². The van der Waals surface area contributed by atoms with Gasteiger partial charge in [-0.3, -0.25) is 9.36 Å². The van der Waals surface area contributed by atoms with Gasteiger partial charge in [-0.1, -0.05) is 31.9 Å². The number of nitrogens with one attached hydrogen (secondary N) is 1. The van der Waals surface area contributed by atoms with Crippen LogP contribution in [0.3, 0.4) is 0 Å². The minimum absolute atomic E-state index is 0.191. The van der Waals surface area contributed by atoms with Crippen molar-refractivity contribution in [2.45, 2.75) is 52.1 Å². The van der Waals surface area contributed by atoms with Crippen LogP contribution in [-0.4, -0.2) is 32.3 Å². The van der Waals surface area contributed by atoms with Crippen LogP contribution in [0.4, 0.5) is 0 Å². The standard InChI is InChI=1S/C26H29N3O5/c1-5-6-10-22(25(31)32)29-24(30)18-13-17(34-4)11-12-21(18)28(26(29)33)16(3)19-14-27-20-9-7-8-15(2)23(19)20/h7-9,11-14,16,22,27H,5-6,10H2,1-4H3,(H,31,32)/t16?,22-/m1/s1. The molecule has 2 heterocycles. The molecule has 178 valence electrons. The Hall–Kier alpha value is -3.81. The normalized spacial score (nSPS) is 13.3. The molecule has 2 atom stereocenters. The van der Waals surface area contributed by atoms with Crippen LogP contribution >= 0.6 is 0 Å². The summed E-state index contributed by atoms with van der Waals surface area (Å²) in [7, 11) is 1.49. The van der Waals surface area contributed by atoms with E-state index in [2.05, 4.69) is 4.98 Å². The second kappa shape index (κ2) is 9.21. The van der Waals surface area contributed by atoms with Gasteiger partial charge in [0.05, 0.1) is 24.1 Å². The molecule has 2 N–H and O–H groups in total. The lowest BCUT2D eigenvalue weighted by Gasteiger charge is -2.23. The van der Waals surface area contributed by atoms with Crippen LogP contribution in [0, 0.1) is 6.92 Å². The van der Waals surface area contributed by atoms with E-state index in [0.717, 1.165) is 33.0 Å². The summed E-state index contributed by atoms with van der Waals surface area (Å²) in [5.74, 6) is -0.741. The average molecular weight is 464 g/mol. The van der Waals surface area contributed by atoms with Gasteiger partial charge in [-0.15, -0.1) is 0 Å². The number of benzene rings is 2. The number of aryl methyl sites for hydroxylation is 1. The minimum atomic E-state index is -1.25. The van der Waals surface area contributed by atoms with Gasteiger partial charge in [0.1, 0.15) is 11.8 Å². The molecule has 8 heteroatoms. The molecule has 0 amide bonds. The van der Waals surface area contributed by atoms with E-state index >= 15 is 0 Å². The molecule has 0 aliphatic rings. The molecule has 2 aromatic heterocycles. The largest absolute Gasteiger partial charge is 0.497 e. The van der Waals surface area contributed by atoms with Crippen LogP contribution < -0.4 is 16.0 Å². The number of aromatic nitrogens is 3. The number of H-pyrrole nitrogens is 1. The van der Waals surface area contributed by atoms with Crippen LogP contribution in [0.15, 0.2) is 52.2 Å². The highest BCUT2D eigenvalue weighted by atomic mass is 16.5. The Kier molecular flexibility index (Phi) is 6.32. The summed E-state index contributed by atoms with van der Waals surface area (Å²) in [6.07, 6.45) is 3.39. The molecule has 0 saturated carbocycles. The molecule has 0 bridgehead atoms. The molecule has 34 heavy (non-hydrogen) atoms. The fourth-order valence-electron chi connectivity index (χ4n) is 4.74. The molecule has 1 unspecified atom stereocenters. The Labute approximate surface area is 196 Å². The molecule has 2 aromatic carbocycles. The van der Waals surface area contributed by atoms with Gasteiger partial charge in [-0.2, -0.15) is 0 Å². The van der Waals surface area contributed by atoms with Crippen molar-refractivity contribution in [1.82, 2.24) is 14.1 Å². The summed E-state index contributed by atoms with van der Waals surface area (Å²) in [5.41, 5.74) is 2.06. The lowest BCUT2D eigenvalue weighted by atomic mass is 10.0. The smallest absolute Gasteiger partial charge is 0.332 e. The first-order valence-electron chi connectivity index (χ1n) is 11.4. The van der Waals surface area contributed by atoms with Crippen molar-refractivity contribution in [2.75, 3.05) is 7.11 Å². The van der Waals surface area contributed by atoms with E-state index in [9.17, 15) is 19.5 Å². The molecule has 4 aromatic rings. The summed E-state index contributed by atoms with van der Waals surface area (Å²) in [5, 5.41) is 11.2. The number of carboxylic acid groups (broad SMARTS) is 1. The van der Waals surface area contributed by atoms with Crippen molar-refractivity contribution in [3.63, 3.8) is 0 Å². The van der Waals surface area contributed by atoms with Crippen LogP contribution in [0.2, 0.25) is 0 Å². The van der Waals surface area contributed by atoms with Crippen LogP contribution in [-0.2, 0) is 4.79 Å². The summed E-state index contributed by atoms with van der Waals surface area (Å²) in [4.78, 5) is 42.7. The second-order valence-corrected chi connectivity index (χ2v) is 8.62. The maximum atomic E-state index is 13.8. The third kappa shape index (κ3) is 3.79. The molecule has 0 saturated heterocycles. The second-order valence-electron chi connectivity index (χ2n) is 8.62. The zero-order valence-electron chi connectivity index (χ0n) is 19.8. The molecule has 0 aliphatic carbocycles. The number of nitrogens with zero attached hydrogens (tertiary/aromatic N) is 2. The molecule has 8 nitrogen and oxygen atoms in total. The summed E-state index contributed by atoms with van der Waals surface area (Å²) in [6, 6.07) is 9.16. The quantitative estimate of drug-likeness (QED) is 0.403. The highest BCUT2D eigenvalue weighted by molar-refractivity contribution is 5.87. The Bertz CT molecular complexity index is 1490. The zero-order chi connectivity index (χ0) is 24.6. The lowest BCUT2D eigenvalue weighted by Crippen LogP contribution is -2.45. The van der Waals surface area contributed by atoms with E-state index in [-0.39, 0.29) is 11.8 Å². The number of carboxylic acids is 1. The van der Waals surface area contributed by atoms with E-state index in [1.54, 1.807) is 18.2 Å². The lowest BCUT2D eigenvalue weighted by molar-refractivity contribution is -0.141. The predicted octanol–water partition coefficient (Wildman–Crippen LogP) is 4.39. The van der Waals surface area contributed by atoms with Crippen molar-refractivity contribution >= 4 is 27.8 Å². The average Bonchev–Trinajstić information content (AvgIpc) is 3.26. The number of fused-ring (bicyclic) bond motifs is 2. The van der Waals surface area contributed by atoms with Crippen LogP contribution in [0.1, 0.15) is 56.3 Å². The van der Waals surface area contributed by atoms with Crippen LogP contribution in [0.25, 0.3) is 21.8 Å². The number of carbonyl (C=O) groups is 1. The summed E-state index contributed by atoms with van der Waals surface area (Å²) < 4.78 is 7.73. The van der Waals surface area contributed by atoms with Crippen LogP contribution in [0.5, 0.6) is 5.75 Å². The number of hydrogen-bond acceptors (Lipinski definition) is 4. The highest BCUT2D eigenvalue weighted by Crippen LogP contribution is 2.31. The maximum Gasteiger partial charge on any atom is 0.332 e. The van der Waals surface area contributed by atoms with Crippen molar-refractivity contribution in [3.05, 3.63) is 74.6 Å². The van der Waals surface area contributed by atoms with Gasteiger partial charge in [0.25, 0.3) is 5.56 Å². The fourth-order valence-corrected chi connectivity index (χ4v) is 4.74. The van der Waals surface area contributed by atoms with Crippen molar-refractivity contribution in [3.8, 4) is 5.75 Å². The number of hydrogen-bond donors (Lipinski definition) is 2. The number of unbranched alkanes of at least 4 members (excludes halogenated alkanes) is 1. The Morgan fingerprint density at radius 3 is 2.62 bits per heavy atom. The molecule has 4 rings (SSSR count). The van der Waals surface area contributed by atoms with E-state index in [1.807, 2.05) is 45.2 Å². The molecule has 0 fully saturated rings. The topological polar surface area (TPSA) is 106 Å². The van der Waals surface area contributed by atoms with Gasteiger partial charge in [0, 0.05) is 22.7 Å². The monoisotopic (exact) mass is 463 g/mol. The Morgan fingerprint density at radius 2 is 1.94 bits per heavy atom. The van der Waals surface area contributed by atoms with Gasteiger partial charge in [0.2, 0.25) is 0 Å². The number of aliphatic carboxylic acids is 1. The van der Waals surface area contributed by atoms with Crippen molar-refractivity contribution in [2.24, 2.45) is 0 Å². The van der Waals surface area contributed by atoms with Gasteiger partial charge >= 0.3 is 11.7 Å². The van der Waals surface area contributed by atoms with Crippen molar-refractivity contribution < 1.29 is 14.6 Å². The summed E-state index contributed by atoms with van der Waals surface area (Å²) in [6.45, 7) is 5.83. The summed E-state index contributed by atoms with van der Waals surface area (Å²) >= 11 is 0. The molecule has 0 aliphatic heterocycles. The first kappa shape index (κ1) is 23.4. The first-order chi connectivity index (χ1) is 16.3. The molecular formula is C26H29N3O5. The van der Waals surface area contributed by atoms with Gasteiger partial charge in [-0.25, -0.2) is 14.2 Å². The van der Waals surface area contributed by atoms with Gasteiger partial charge in [0.15, 0.2) is 0 Å². The zero-order valence-corrected chi connectivity index (χ0v) is 19.8. The van der Waals surface area contributed by atoms with E-state index in [4.69, 9.17) is 4.74 Å². The fraction of sp³-hybridized carbons (Fsp3) is 0.346. The third-order valence-electron chi connectivity index (χ3n) is 6.53. The van der Waals surface area contributed by atoms with Crippen molar-refractivity contribution in [1.29, 1.82) is 0 Å². The highest BCUT2D eigenvalue weighted by Gasteiger charge is 2.28. The number of aromatic amines is 1. The van der Waals surface area contributed by atoms with E-state index in [0.29, 0.717) is 17.7 Å². The SMILES string of the molecule is CCCC[C@H](C(=O)O)n1c(=O)c2cc(OC)ccc2n(C(C)c2c[nH]c3cccc(C)c23)c1=O. The first-order valence-corrected chi connectivity index (χ1v) is 11.4. The van der Waals surface area contributed by atoms with Gasteiger partial charge < -0.3 is 14.8 Å². The molecule has 0 spiro atoms.